The highest BCUT2D eigenvalue weighted by Crippen LogP contribution is 2.30. The molecule has 20 heavy (non-hydrogen) atoms. The summed E-state index contributed by atoms with van der Waals surface area (Å²) in [5, 5.41) is 0. The van der Waals surface area contributed by atoms with Crippen LogP contribution in [0.1, 0.15) is 57.1 Å². The average Bonchev–Trinajstić information content (AvgIpc) is 2.53. The minimum atomic E-state index is -0.00555. The Labute approximate surface area is 122 Å². The van der Waals surface area contributed by atoms with Gasteiger partial charge >= 0.3 is 0 Å². The number of benzene rings is 1. The van der Waals surface area contributed by atoms with E-state index in [4.69, 9.17) is 15.2 Å². The summed E-state index contributed by atoms with van der Waals surface area (Å²) in [4.78, 5) is 0. The van der Waals surface area contributed by atoms with Crippen LogP contribution in [-0.4, -0.2) is 19.3 Å². The lowest BCUT2D eigenvalue weighted by molar-refractivity contribution is -0.0437. The van der Waals surface area contributed by atoms with E-state index in [1.54, 1.807) is 7.11 Å². The molecule has 3 nitrogen and oxygen atoms in total. The lowest BCUT2D eigenvalue weighted by Gasteiger charge is -2.31. The van der Waals surface area contributed by atoms with Crippen LogP contribution in [0, 0.1) is 0 Å². The van der Waals surface area contributed by atoms with E-state index in [0.29, 0.717) is 6.10 Å². The Kier molecular flexibility index (Phi) is 5.86. The van der Waals surface area contributed by atoms with E-state index in [1.807, 2.05) is 12.1 Å². The Hall–Kier alpha value is -1.06. The first-order valence-corrected chi connectivity index (χ1v) is 7.79. The zero-order valence-corrected chi connectivity index (χ0v) is 12.7. The first kappa shape index (κ1) is 15.3. The zero-order chi connectivity index (χ0) is 14.4. The van der Waals surface area contributed by atoms with Gasteiger partial charge in [0.05, 0.1) is 19.3 Å². The summed E-state index contributed by atoms with van der Waals surface area (Å²) in [7, 11) is 1.68. The van der Waals surface area contributed by atoms with E-state index < -0.39 is 0 Å². The number of hydrogen-bond acceptors (Lipinski definition) is 3. The minimum absolute atomic E-state index is 0.00555. The second-order valence-electron chi connectivity index (χ2n) is 5.66. The second kappa shape index (κ2) is 7.65. The van der Waals surface area contributed by atoms with Crippen molar-refractivity contribution in [2.45, 2.75) is 63.7 Å². The van der Waals surface area contributed by atoms with Gasteiger partial charge in [0.25, 0.3) is 0 Å². The Morgan fingerprint density at radius 2 is 1.80 bits per heavy atom. The van der Waals surface area contributed by atoms with Crippen LogP contribution in [0.15, 0.2) is 24.3 Å². The molecular weight excluding hydrogens is 250 g/mol. The van der Waals surface area contributed by atoms with Crippen molar-refractivity contribution in [1.82, 2.24) is 0 Å². The molecule has 3 heteroatoms. The summed E-state index contributed by atoms with van der Waals surface area (Å²) in [5.41, 5.74) is 7.44. The van der Waals surface area contributed by atoms with Gasteiger partial charge in [-0.1, -0.05) is 38.3 Å². The maximum atomic E-state index is 6.34. The Morgan fingerprint density at radius 3 is 2.35 bits per heavy atom. The normalized spacial score (nSPS) is 19.6. The van der Waals surface area contributed by atoms with E-state index in [9.17, 15) is 0 Å². The van der Waals surface area contributed by atoms with Gasteiger partial charge in [-0.25, -0.2) is 0 Å². The summed E-state index contributed by atoms with van der Waals surface area (Å²) in [6.07, 6.45) is 7.52. The highest BCUT2D eigenvalue weighted by Gasteiger charge is 2.24. The first-order valence-electron chi connectivity index (χ1n) is 7.79. The average molecular weight is 277 g/mol. The van der Waals surface area contributed by atoms with Crippen LogP contribution in [0.5, 0.6) is 5.75 Å². The fraction of sp³-hybridized carbons (Fsp3) is 0.647. The Morgan fingerprint density at radius 1 is 1.15 bits per heavy atom. The molecule has 1 aromatic rings. The fourth-order valence-electron chi connectivity index (χ4n) is 2.84. The predicted molar refractivity (Wildman–Crippen MR) is 82.0 cm³/mol. The summed E-state index contributed by atoms with van der Waals surface area (Å²) in [5.74, 6) is 0.871. The summed E-state index contributed by atoms with van der Waals surface area (Å²) in [6, 6.07) is 8.15. The lowest BCUT2D eigenvalue weighted by atomic mass is 9.95. The molecule has 0 aromatic heterocycles. The van der Waals surface area contributed by atoms with E-state index in [2.05, 4.69) is 19.1 Å². The maximum Gasteiger partial charge on any atom is 0.118 e. The van der Waals surface area contributed by atoms with E-state index in [0.717, 1.165) is 17.7 Å². The molecule has 1 saturated carbocycles. The van der Waals surface area contributed by atoms with Crippen molar-refractivity contribution in [2.24, 2.45) is 5.73 Å². The number of nitrogens with two attached hydrogens (primary N) is 1. The molecular formula is C17H27NO2. The van der Waals surface area contributed by atoms with Gasteiger partial charge in [0.15, 0.2) is 0 Å². The van der Waals surface area contributed by atoms with E-state index in [1.165, 1.54) is 32.1 Å². The molecule has 1 aromatic carbocycles. The molecule has 0 spiro atoms. The van der Waals surface area contributed by atoms with Crippen LogP contribution < -0.4 is 10.5 Å². The van der Waals surface area contributed by atoms with Crippen LogP contribution in [0.4, 0.5) is 0 Å². The molecule has 2 N–H and O–H groups in total. The number of ether oxygens (including phenoxy) is 2. The highest BCUT2D eigenvalue weighted by molar-refractivity contribution is 5.29. The van der Waals surface area contributed by atoms with Crippen molar-refractivity contribution in [1.29, 1.82) is 0 Å². The third-order valence-corrected chi connectivity index (χ3v) is 4.20. The molecule has 2 unspecified atom stereocenters. The predicted octanol–water partition coefficient (Wildman–Crippen LogP) is 3.82. The van der Waals surface area contributed by atoms with Gasteiger partial charge in [-0.3, -0.25) is 0 Å². The monoisotopic (exact) mass is 277 g/mol. The van der Waals surface area contributed by atoms with Gasteiger partial charge in [-0.15, -0.1) is 0 Å². The van der Waals surface area contributed by atoms with Crippen LogP contribution in [0.3, 0.4) is 0 Å². The quantitative estimate of drug-likeness (QED) is 0.859. The molecule has 2 rings (SSSR count). The van der Waals surface area contributed by atoms with Gasteiger partial charge < -0.3 is 15.2 Å². The van der Waals surface area contributed by atoms with Crippen LogP contribution in [0.2, 0.25) is 0 Å². The van der Waals surface area contributed by atoms with Crippen LogP contribution in [0.25, 0.3) is 0 Å². The van der Waals surface area contributed by atoms with E-state index in [-0.39, 0.29) is 12.1 Å². The lowest BCUT2D eigenvalue weighted by Crippen LogP contribution is -2.33. The van der Waals surface area contributed by atoms with Gasteiger partial charge in [-0.05, 0) is 37.0 Å². The van der Waals surface area contributed by atoms with Crippen molar-refractivity contribution in [3.05, 3.63) is 29.8 Å². The summed E-state index contributed by atoms with van der Waals surface area (Å²) >= 11 is 0. The second-order valence-corrected chi connectivity index (χ2v) is 5.66. The molecule has 1 fully saturated rings. The number of hydrogen-bond donors (Lipinski definition) is 1. The molecule has 0 saturated heterocycles. The van der Waals surface area contributed by atoms with Crippen molar-refractivity contribution in [3.8, 4) is 5.75 Å². The number of rotatable bonds is 6. The first-order chi connectivity index (χ1) is 9.74. The topological polar surface area (TPSA) is 44.5 Å². The zero-order valence-electron chi connectivity index (χ0n) is 12.7. The van der Waals surface area contributed by atoms with Crippen molar-refractivity contribution in [3.63, 3.8) is 0 Å². The standard InChI is InChI=1S/C17H27NO2/c1-3-16(18)17(20-15-7-5-4-6-8-15)13-9-11-14(19-2)12-10-13/h9-12,15-17H,3-8,18H2,1-2H3. The molecule has 0 radical (unpaired) electrons. The third kappa shape index (κ3) is 3.97. The highest BCUT2D eigenvalue weighted by atomic mass is 16.5. The van der Waals surface area contributed by atoms with Gasteiger partial charge in [0.1, 0.15) is 5.75 Å². The molecule has 0 heterocycles. The maximum absolute atomic E-state index is 6.34. The largest absolute Gasteiger partial charge is 0.497 e. The van der Waals surface area contributed by atoms with Crippen molar-refractivity contribution in [2.75, 3.05) is 7.11 Å². The molecule has 0 aliphatic heterocycles. The Balaban J connectivity index is 2.08. The molecule has 2 atom stereocenters. The summed E-state index contributed by atoms with van der Waals surface area (Å²) in [6.45, 7) is 2.12. The minimum Gasteiger partial charge on any atom is -0.497 e. The number of methoxy groups -OCH3 is 1. The van der Waals surface area contributed by atoms with Crippen LogP contribution >= 0.6 is 0 Å². The summed E-state index contributed by atoms with van der Waals surface area (Å²) < 4.78 is 11.6. The Bertz CT molecular complexity index is 384. The van der Waals surface area contributed by atoms with Crippen molar-refractivity contribution < 1.29 is 9.47 Å². The van der Waals surface area contributed by atoms with Crippen LogP contribution in [-0.2, 0) is 4.74 Å². The smallest absolute Gasteiger partial charge is 0.118 e. The van der Waals surface area contributed by atoms with Gasteiger partial charge in [0, 0.05) is 6.04 Å². The molecule has 0 bridgehead atoms. The van der Waals surface area contributed by atoms with Gasteiger partial charge in [0.2, 0.25) is 0 Å². The molecule has 1 aliphatic rings. The molecule has 0 amide bonds. The molecule has 1 aliphatic carbocycles. The molecule has 112 valence electrons. The van der Waals surface area contributed by atoms with Crippen molar-refractivity contribution >= 4 is 0 Å². The van der Waals surface area contributed by atoms with E-state index >= 15 is 0 Å². The fourth-order valence-corrected chi connectivity index (χ4v) is 2.84. The SMILES string of the molecule is CCC(N)C(OC1CCCCC1)c1ccc(OC)cc1. The van der Waals surface area contributed by atoms with Gasteiger partial charge in [-0.2, -0.15) is 0 Å². The third-order valence-electron chi connectivity index (χ3n) is 4.20.